The monoisotopic (exact) mass is 242 g/mol. The van der Waals surface area contributed by atoms with E-state index in [1.807, 2.05) is 11.8 Å². The van der Waals surface area contributed by atoms with Crippen LogP contribution in [0.15, 0.2) is 0 Å². The summed E-state index contributed by atoms with van der Waals surface area (Å²) < 4.78 is 0. The molecule has 1 heterocycles. The molecule has 0 radical (unpaired) electrons. The molecular formula is C12H22N2OS. The van der Waals surface area contributed by atoms with Crippen LogP contribution in [-0.2, 0) is 4.79 Å². The second kappa shape index (κ2) is 5.41. The molecule has 1 amide bonds. The van der Waals surface area contributed by atoms with Gasteiger partial charge in [0.1, 0.15) is 0 Å². The van der Waals surface area contributed by atoms with Crippen LogP contribution in [-0.4, -0.2) is 29.0 Å². The smallest absolute Gasteiger partial charge is 0.240 e. The van der Waals surface area contributed by atoms with Gasteiger partial charge in [0.05, 0.1) is 5.54 Å². The highest BCUT2D eigenvalue weighted by Crippen LogP contribution is 2.26. The Morgan fingerprint density at radius 1 is 1.25 bits per heavy atom. The zero-order chi connectivity index (χ0) is 11.4. The number of rotatable bonds is 2. The van der Waals surface area contributed by atoms with Crippen molar-refractivity contribution in [3.63, 3.8) is 0 Å². The summed E-state index contributed by atoms with van der Waals surface area (Å²) in [4.78, 5) is 12.1. The summed E-state index contributed by atoms with van der Waals surface area (Å²) in [6.07, 6.45) is 7.48. The topological polar surface area (TPSA) is 55.1 Å². The lowest BCUT2D eigenvalue weighted by molar-refractivity contribution is -0.128. The van der Waals surface area contributed by atoms with Gasteiger partial charge in [-0.05, 0) is 31.4 Å². The first-order valence-corrected chi connectivity index (χ1v) is 7.54. The molecule has 1 aliphatic carbocycles. The molecule has 1 aliphatic heterocycles. The molecule has 1 saturated heterocycles. The first-order valence-electron chi connectivity index (χ1n) is 6.38. The molecule has 0 aromatic rings. The normalized spacial score (nSPS) is 29.7. The van der Waals surface area contributed by atoms with Crippen LogP contribution in [0.2, 0.25) is 0 Å². The van der Waals surface area contributed by atoms with Gasteiger partial charge >= 0.3 is 0 Å². The predicted octanol–water partition coefficient (Wildman–Crippen LogP) is 1.66. The summed E-state index contributed by atoms with van der Waals surface area (Å²) in [6, 6.07) is 0.355. The van der Waals surface area contributed by atoms with E-state index in [0.29, 0.717) is 6.04 Å². The van der Waals surface area contributed by atoms with E-state index in [0.717, 1.165) is 37.9 Å². The molecule has 2 fully saturated rings. The van der Waals surface area contributed by atoms with E-state index in [2.05, 4.69) is 5.32 Å². The third-order valence-electron chi connectivity index (χ3n) is 3.69. The van der Waals surface area contributed by atoms with E-state index in [1.54, 1.807) is 0 Å². The van der Waals surface area contributed by atoms with Crippen LogP contribution in [0.3, 0.4) is 0 Å². The Morgan fingerprint density at radius 2 is 2.00 bits per heavy atom. The zero-order valence-electron chi connectivity index (χ0n) is 9.84. The molecule has 3 N–H and O–H groups in total. The summed E-state index contributed by atoms with van der Waals surface area (Å²) in [7, 11) is 0. The lowest BCUT2D eigenvalue weighted by atomic mass is 9.81. The van der Waals surface area contributed by atoms with Crippen molar-refractivity contribution < 1.29 is 4.79 Å². The lowest BCUT2D eigenvalue weighted by Crippen LogP contribution is -2.57. The van der Waals surface area contributed by atoms with Gasteiger partial charge in [0.15, 0.2) is 0 Å². The molecule has 2 aliphatic rings. The molecule has 2 rings (SSSR count). The highest BCUT2D eigenvalue weighted by Gasteiger charge is 2.36. The van der Waals surface area contributed by atoms with Crippen LogP contribution in [0.4, 0.5) is 0 Å². The molecule has 0 spiro atoms. The maximum Gasteiger partial charge on any atom is 0.240 e. The minimum Gasteiger partial charge on any atom is -0.351 e. The lowest BCUT2D eigenvalue weighted by Gasteiger charge is -2.34. The number of nitrogens with one attached hydrogen (secondary N) is 1. The quantitative estimate of drug-likeness (QED) is 0.774. The molecular weight excluding hydrogens is 220 g/mol. The van der Waals surface area contributed by atoms with Crippen molar-refractivity contribution >= 4 is 17.7 Å². The van der Waals surface area contributed by atoms with Crippen molar-refractivity contribution in [3.8, 4) is 0 Å². The second-order valence-corrected chi connectivity index (χ2v) is 6.25. The largest absolute Gasteiger partial charge is 0.351 e. The number of carbonyl (C=O) groups excluding carboxylic acids is 1. The number of hydrogen-bond acceptors (Lipinski definition) is 3. The minimum atomic E-state index is -0.569. The highest BCUT2D eigenvalue weighted by atomic mass is 32.2. The van der Waals surface area contributed by atoms with Crippen molar-refractivity contribution in [1.29, 1.82) is 0 Å². The van der Waals surface area contributed by atoms with Crippen LogP contribution < -0.4 is 11.1 Å². The first kappa shape index (κ1) is 12.2. The fraction of sp³-hybridized carbons (Fsp3) is 0.917. The first-order chi connectivity index (χ1) is 7.71. The molecule has 1 unspecified atom stereocenters. The summed E-state index contributed by atoms with van der Waals surface area (Å²) >= 11 is 1.94. The molecule has 0 aromatic carbocycles. The third kappa shape index (κ3) is 2.92. The van der Waals surface area contributed by atoms with Gasteiger partial charge in [-0.15, -0.1) is 0 Å². The molecule has 0 bridgehead atoms. The molecule has 92 valence electrons. The van der Waals surface area contributed by atoms with E-state index in [4.69, 9.17) is 5.73 Å². The van der Waals surface area contributed by atoms with Crippen LogP contribution >= 0.6 is 11.8 Å². The van der Waals surface area contributed by atoms with Crippen LogP contribution in [0.1, 0.15) is 44.9 Å². The third-order valence-corrected chi connectivity index (χ3v) is 4.91. The van der Waals surface area contributed by atoms with Crippen LogP contribution in [0, 0.1) is 0 Å². The van der Waals surface area contributed by atoms with Gasteiger partial charge in [-0.25, -0.2) is 0 Å². The number of thioether (sulfide) groups is 1. The number of hydrogen-bond donors (Lipinski definition) is 2. The average Bonchev–Trinajstić information content (AvgIpc) is 2.31. The molecule has 1 saturated carbocycles. The maximum absolute atomic E-state index is 12.1. The second-order valence-electron chi connectivity index (χ2n) is 5.10. The van der Waals surface area contributed by atoms with Gasteiger partial charge in [-0.3, -0.25) is 4.79 Å². The Hall–Kier alpha value is -0.220. The summed E-state index contributed by atoms with van der Waals surface area (Å²) in [6.45, 7) is 0. The van der Waals surface area contributed by atoms with Gasteiger partial charge in [-0.2, -0.15) is 11.8 Å². The van der Waals surface area contributed by atoms with Crippen LogP contribution in [0.25, 0.3) is 0 Å². The van der Waals surface area contributed by atoms with Gasteiger partial charge in [0, 0.05) is 11.8 Å². The van der Waals surface area contributed by atoms with E-state index in [-0.39, 0.29) is 5.91 Å². The molecule has 4 heteroatoms. The van der Waals surface area contributed by atoms with Crippen molar-refractivity contribution in [2.24, 2.45) is 5.73 Å². The van der Waals surface area contributed by atoms with Gasteiger partial charge in [0.25, 0.3) is 0 Å². The number of carbonyl (C=O) groups is 1. The fourth-order valence-electron chi connectivity index (χ4n) is 2.59. The predicted molar refractivity (Wildman–Crippen MR) is 68.5 cm³/mol. The van der Waals surface area contributed by atoms with Crippen molar-refractivity contribution in [2.75, 3.05) is 11.5 Å². The Kier molecular flexibility index (Phi) is 4.14. The molecule has 0 aromatic heterocycles. The highest BCUT2D eigenvalue weighted by molar-refractivity contribution is 7.99. The van der Waals surface area contributed by atoms with E-state index >= 15 is 0 Å². The van der Waals surface area contributed by atoms with Crippen LogP contribution in [0.5, 0.6) is 0 Å². The Bertz CT molecular complexity index is 245. The SMILES string of the molecule is NC1(C(=O)NC2CCCSC2)CCCCC1. The fourth-order valence-corrected chi connectivity index (χ4v) is 3.67. The molecule has 16 heavy (non-hydrogen) atoms. The Labute approximate surface area is 102 Å². The molecule has 1 atom stereocenters. The van der Waals surface area contributed by atoms with E-state index < -0.39 is 5.54 Å². The minimum absolute atomic E-state index is 0.0969. The summed E-state index contributed by atoms with van der Waals surface area (Å²) in [5, 5.41) is 3.14. The standard InChI is InChI=1S/C12H22N2OS/c13-12(6-2-1-3-7-12)11(15)14-10-5-4-8-16-9-10/h10H,1-9,13H2,(H,14,15). The van der Waals surface area contributed by atoms with Crippen molar-refractivity contribution in [2.45, 2.75) is 56.5 Å². The van der Waals surface area contributed by atoms with Gasteiger partial charge in [0.2, 0.25) is 5.91 Å². The van der Waals surface area contributed by atoms with E-state index in [9.17, 15) is 4.79 Å². The molecule has 3 nitrogen and oxygen atoms in total. The average molecular weight is 242 g/mol. The zero-order valence-corrected chi connectivity index (χ0v) is 10.7. The van der Waals surface area contributed by atoms with Crippen molar-refractivity contribution in [1.82, 2.24) is 5.32 Å². The van der Waals surface area contributed by atoms with E-state index in [1.165, 1.54) is 18.6 Å². The Balaban J connectivity index is 1.85. The van der Waals surface area contributed by atoms with Crippen molar-refractivity contribution in [3.05, 3.63) is 0 Å². The summed E-state index contributed by atoms with van der Waals surface area (Å²) in [5.74, 6) is 2.39. The summed E-state index contributed by atoms with van der Waals surface area (Å²) in [5.41, 5.74) is 5.63. The Morgan fingerprint density at radius 3 is 2.62 bits per heavy atom. The maximum atomic E-state index is 12.1. The number of amides is 1. The number of nitrogens with two attached hydrogens (primary N) is 1. The van der Waals surface area contributed by atoms with Gasteiger partial charge in [-0.1, -0.05) is 19.3 Å². The van der Waals surface area contributed by atoms with Gasteiger partial charge < -0.3 is 11.1 Å².